The molecule has 0 saturated heterocycles. The van der Waals surface area contributed by atoms with Gasteiger partial charge in [-0.2, -0.15) is 9.48 Å². The summed E-state index contributed by atoms with van der Waals surface area (Å²) in [6.45, 7) is 7.78. The van der Waals surface area contributed by atoms with Crippen LogP contribution >= 0.6 is 0 Å². The number of rotatable bonds is 19. The molecular weight excluding hydrogens is 330 g/mol. The highest BCUT2D eigenvalue weighted by molar-refractivity contribution is 4.64. The van der Waals surface area contributed by atoms with Gasteiger partial charge in [0.2, 0.25) is 0 Å². The van der Waals surface area contributed by atoms with Crippen molar-refractivity contribution in [3.8, 4) is 0 Å². The summed E-state index contributed by atoms with van der Waals surface area (Å²) in [6, 6.07) is 0. The molecule has 0 saturated carbocycles. The van der Waals surface area contributed by atoms with Gasteiger partial charge >= 0.3 is 0 Å². The monoisotopic (exact) mass is 376 g/mol. The van der Waals surface area contributed by atoms with Gasteiger partial charge < -0.3 is 15.3 Å². The molecule has 0 radical (unpaired) electrons. The van der Waals surface area contributed by atoms with Crippen molar-refractivity contribution in [2.24, 2.45) is 0 Å². The van der Waals surface area contributed by atoms with Crippen molar-refractivity contribution in [2.45, 2.75) is 104 Å². The second kappa shape index (κ2) is 16.9. The Morgan fingerprint density at radius 2 is 1.23 bits per heavy atom. The fourth-order valence-corrected chi connectivity index (χ4v) is 3.59. The summed E-state index contributed by atoms with van der Waals surface area (Å²) in [5.74, 6) is 0. The fraction of sp³-hybridized carbons (Fsp3) is 1.00. The van der Waals surface area contributed by atoms with Gasteiger partial charge in [-0.15, -0.1) is 0 Å². The van der Waals surface area contributed by atoms with Crippen molar-refractivity contribution in [3.05, 3.63) is 0 Å². The van der Waals surface area contributed by atoms with Crippen molar-refractivity contribution < 1.29 is 24.8 Å². The zero-order chi connectivity index (χ0) is 19.7. The van der Waals surface area contributed by atoms with E-state index in [4.69, 9.17) is 4.84 Å². The molecule has 158 valence electrons. The average molecular weight is 377 g/mol. The summed E-state index contributed by atoms with van der Waals surface area (Å²) in [5, 5.41) is 29.0. The third kappa shape index (κ3) is 12.2. The van der Waals surface area contributed by atoms with E-state index in [1.165, 1.54) is 51.4 Å². The van der Waals surface area contributed by atoms with Crippen LogP contribution in [0.25, 0.3) is 0 Å². The van der Waals surface area contributed by atoms with Gasteiger partial charge in [0, 0.05) is 0 Å². The van der Waals surface area contributed by atoms with Crippen molar-refractivity contribution in [3.63, 3.8) is 0 Å². The minimum absolute atomic E-state index is 0.0184. The molecule has 26 heavy (non-hydrogen) atoms. The Labute approximate surface area is 161 Å². The molecule has 5 heteroatoms. The van der Waals surface area contributed by atoms with E-state index in [1.54, 1.807) is 6.92 Å². The third-order valence-corrected chi connectivity index (χ3v) is 5.14. The van der Waals surface area contributed by atoms with Gasteiger partial charge in [0.1, 0.15) is 25.7 Å². The number of aliphatic hydroxyl groups is 3. The number of unbranched alkanes of at least 4 members (excludes halogenated alkanes) is 8. The molecule has 0 aliphatic heterocycles. The molecule has 0 aromatic rings. The van der Waals surface area contributed by atoms with Crippen LogP contribution in [0.5, 0.6) is 0 Å². The van der Waals surface area contributed by atoms with Gasteiger partial charge in [-0.1, -0.05) is 71.6 Å². The molecule has 0 aliphatic carbocycles. The van der Waals surface area contributed by atoms with Crippen molar-refractivity contribution in [2.75, 3.05) is 32.8 Å². The van der Waals surface area contributed by atoms with E-state index >= 15 is 0 Å². The molecule has 0 amide bonds. The first-order chi connectivity index (χ1) is 12.5. The van der Waals surface area contributed by atoms with E-state index < -0.39 is 6.10 Å². The predicted octanol–water partition coefficient (Wildman–Crippen LogP) is 3.80. The number of hydrogen-bond donors (Lipinski definition) is 3. The van der Waals surface area contributed by atoms with Crippen LogP contribution in [0.1, 0.15) is 91.4 Å². The number of hydroxylamine groups is 3. The maximum Gasteiger partial charge on any atom is 0.142 e. The second-order valence-electron chi connectivity index (χ2n) is 7.68. The summed E-state index contributed by atoms with van der Waals surface area (Å²) in [6.07, 6.45) is 12.4. The van der Waals surface area contributed by atoms with Crippen molar-refractivity contribution in [1.29, 1.82) is 0 Å². The molecule has 0 aliphatic rings. The minimum Gasteiger partial charge on any atom is -0.390 e. The van der Waals surface area contributed by atoms with Crippen LogP contribution in [0.3, 0.4) is 0 Å². The summed E-state index contributed by atoms with van der Waals surface area (Å²) >= 11 is 0. The highest BCUT2D eigenvalue weighted by Gasteiger charge is 2.33. The van der Waals surface area contributed by atoms with Crippen LogP contribution in [0.15, 0.2) is 0 Å². The van der Waals surface area contributed by atoms with Crippen molar-refractivity contribution >= 4 is 0 Å². The number of quaternary nitrogens is 1. The van der Waals surface area contributed by atoms with Gasteiger partial charge in [0.25, 0.3) is 0 Å². The van der Waals surface area contributed by atoms with E-state index in [0.717, 1.165) is 25.8 Å². The first kappa shape index (κ1) is 25.8. The average Bonchev–Trinajstić information content (AvgIpc) is 2.60. The summed E-state index contributed by atoms with van der Waals surface area (Å²) in [5.41, 5.74) is 0. The summed E-state index contributed by atoms with van der Waals surface area (Å²) in [4.78, 5) is 6.26. The Morgan fingerprint density at radius 3 is 1.65 bits per heavy atom. The number of nitrogens with zero attached hydrogens (tertiary/aromatic N) is 1. The minimum atomic E-state index is -0.546. The van der Waals surface area contributed by atoms with E-state index in [0.29, 0.717) is 13.1 Å². The Hall–Kier alpha value is -0.200. The molecule has 0 heterocycles. The van der Waals surface area contributed by atoms with E-state index in [2.05, 4.69) is 13.8 Å². The SMILES string of the molecule is CCCCCCCCCCCC(O[N+](CCC)(CCO)CCO)C(C)O. The van der Waals surface area contributed by atoms with Crippen molar-refractivity contribution in [1.82, 2.24) is 0 Å². The molecular formula is C21H46NO4+. The molecule has 2 atom stereocenters. The first-order valence-electron chi connectivity index (χ1n) is 11.0. The number of hydrogen-bond acceptors (Lipinski definition) is 4. The lowest BCUT2D eigenvalue weighted by molar-refractivity contribution is -1.11. The Bertz CT molecular complexity index is 283. The van der Waals surface area contributed by atoms with Gasteiger partial charge in [-0.3, -0.25) is 0 Å². The summed E-state index contributed by atoms with van der Waals surface area (Å²) in [7, 11) is 0. The highest BCUT2D eigenvalue weighted by Crippen LogP contribution is 2.20. The largest absolute Gasteiger partial charge is 0.390 e. The normalized spacial score (nSPS) is 14.5. The predicted molar refractivity (Wildman–Crippen MR) is 108 cm³/mol. The van der Waals surface area contributed by atoms with Gasteiger partial charge in [0.05, 0.1) is 19.3 Å². The van der Waals surface area contributed by atoms with Crippen LogP contribution in [-0.4, -0.2) is 65.0 Å². The fourth-order valence-electron chi connectivity index (χ4n) is 3.59. The van der Waals surface area contributed by atoms with Gasteiger partial charge in [0.15, 0.2) is 0 Å². The second-order valence-corrected chi connectivity index (χ2v) is 7.68. The Kier molecular flexibility index (Phi) is 16.8. The molecule has 0 rings (SSSR count). The van der Waals surface area contributed by atoms with Gasteiger partial charge in [-0.05, 0) is 19.8 Å². The van der Waals surface area contributed by atoms with E-state index in [9.17, 15) is 15.3 Å². The maximum absolute atomic E-state index is 10.1. The lowest BCUT2D eigenvalue weighted by atomic mass is 10.0. The van der Waals surface area contributed by atoms with Crippen LogP contribution < -0.4 is 0 Å². The van der Waals surface area contributed by atoms with E-state index in [-0.39, 0.29) is 24.0 Å². The lowest BCUT2D eigenvalue weighted by Crippen LogP contribution is -2.55. The van der Waals surface area contributed by atoms with Crippen LogP contribution in [0.2, 0.25) is 0 Å². The molecule has 0 aromatic carbocycles. The molecule has 0 aromatic heterocycles. The highest BCUT2D eigenvalue weighted by atomic mass is 16.7. The zero-order valence-electron chi connectivity index (χ0n) is 17.7. The zero-order valence-corrected chi connectivity index (χ0v) is 17.7. The van der Waals surface area contributed by atoms with Crippen LogP contribution in [-0.2, 0) is 4.84 Å². The molecule has 5 nitrogen and oxygen atoms in total. The van der Waals surface area contributed by atoms with Crippen LogP contribution in [0.4, 0.5) is 0 Å². The molecule has 0 spiro atoms. The smallest absolute Gasteiger partial charge is 0.142 e. The first-order valence-corrected chi connectivity index (χ1v) is 11.0. The quantitative estimate of drug-likeness (QED) is 0.182. The van der Waals surface area contributed by atoms with E-state index in [1.807, 2.05) is 0 Å². The summed E-state index contributed by atoms with van der Waals surface area (Å²) < 4.78 is 0.233. The van der Waals surface area contributed by atoms with Gasteiger partial charge in [-0.25, -0.2) is 0 Å². The number of aliphatic hydroxyl groups excluding tert-OH is 3. The molecule has 3 N–H and O–H groups in total. The maximum atomic E-state index is 10.1. The molecule has 0 fully saturated rings. The Balaban J connectivity index is 4.27. The standard InChI is InChI=1S/C21H46NO4/c1-4-6-7-8-9-10-11-12-13-14-21(20(3)25)26-22(15-5-2,16-18-23)17-19-24/h20-21,23-25H,4-19H2,1-3H3/q+1. The molecule has 2 unspecified atom stereocenters. The molecule has 0 bridgehead atoms. The topological polar surface area (TPSA) is 69.9 Å². The Morgan fingerprint density at radius 1 is 0.731 bits per heavy atom. The third-order valence-electron chi connectivity index (χ3n) is 5.14. The lowest BCUT2D eigenvalue weighted by Gasteiger charge is -2.38. The van der Waals surface area contributed by atoms with Crippen LogP contribution in [0, 0.1) is 0 Å².